The first-order chi connectivity index (χ1) is 24.5. The van der Waals surface area contributed by atoms with E-state index in [4.69, 9.17) is 26.8 Å². The minimum absolute atomic E-state index is 0.00216. The zero-order chi connectivity index (χ0) is 37.1. The number of hydrogen-bond donors (Lipinski definition) is 1. The Kier molecular flexibility index (Phi) is 5.83. The number of methoxy groups -OCH3 is 1. The van der Waals surface area contributed by atoms with Gasteiger partial charge in [-0.25, -0.2) is 22.0 Å². The maximum absolute atomic E-state index is 17.0. The quantitative estimate of drug-likeness (QED) is 0.168. The van der Waals surface area contributed by atoms with Gasteiger partial charge in [-0.1, -0.05) is 0 Å². The first kappa shape index (κ1) is 25.0. The van der Waals surface area contributed by atoms with E-state index in [1.54, 1.807) is 4.90 Å². The zero-order valence-corrected chi connectivity index (χ0v) is 24.5. The molecule has 2 aromatic heterocycles. The third-order valence-electron chi connectivity index (χ3n) is 9.46. The highest BCUT2D eigenvalue weighted by Crippen LogP contribution is 2.45. The van der Waals surface area contributed by atoms with Gasteiger partial charge >= 0.3 is 6.01 Å². The van der Waals surface area contributed by atoms with Gasteiger partial charge in [0.05, 0.1) is 30.9 Å². The summed E-state index contributed by atoms with van der Waals surface area (Å²) in [6.45, 7) is -1.76. The van der Waals surface area contributed by atoms with Crippen molar-refractivity contribution in [2.45, 2.75) is 55.7 Å². The summed E-state index contributed by atoms with van der Waals surface area (Å²) >= 11 is 0. The molecule has 15 heteroatoms. The van der Waals surface area contributed by atoms with Crippen molar-refractivity contribution in [2.24, 2.45) is 0 Å². The average molecular weight is 666 g/mol. The normalized spacial score (nSPS) is 29.4. The Morgan fingerprint density at radius 1 is 1.09 bits per heavy atom. The molecule has 5 heterocycles. The molecular formula is C32H30F6N6O3. The summed E-state index contributed by atoms with van der Waals surface area (Å²) < 4.78 is 148. The van der Waals surface area contributed by atoms with E-state index in [-0.39, 0.29) is 49.4 Å². The van der Waals surface area contributed by atoms with Crippen molar-refractivity contribution in [3.63, 3.8) is 0 Å². The fraction of sp³-hybridized carbons (Fsp3) is 0.469. The molecule has 1 aliphatic carbocycles. The summed E-state index contributed by atoms with van der Waals surface area (Å²) in [6.07, 6.45) is -1.38. The van der Waals surface area contributed by atoms with Crippen LogP contribution in [-0.4, -0.2) is 89.7 Å². The van der Waals surface area contributed by atoms with Gasteiger partial charge in [0.2, 0.25) is 5.82 Å². The van der Waals surface area contributed by atoms with Gasteiger partial charge in [0.25, 0.3) is 0 Å². The van der Waals surface area contributed by atoms with Crippen LogP contribution in [0, 0.1) is 23.3 Å². The van der Waals surface area contributed by atoms with E-state index in [2.05, 4.69) is 15.0 Å². The van der Waals surface area contributed by atoms with Crippen LogP contribution in [0.5, 0.6) is 11.8 Å². The molecule has 4 aromatic rings. The monoisotopic (exact) mass is 665 g/mol. The van der Waals surface area contributed by atoms with Gasteiger partial charge in [-0.05, 0) is 37.9 Å². The number of ether oxygens (including phenoxy) is 3. The van der Waals surface area contributed by atoms with Crippen molar-refractivity contribution in [1.29, 1.82) is 0 Å². The molecule has 2 aromatic carbocycles. The predicted molar refractivity (Wildman–Crippen MR) is 160 cm³/mol. The highest BCUT2D eigenvalue weighted by Gasteiger charge is 2.58. The fourth-order valence-electron chi connectivity index (χ4n) is 7.29. The van der Waals surface area contributed by atoms with Gasteiger partial charge < -0.3 is 24.8 Å². The molecule has 4 aliphatic rings. The van der Waals surface area contributed by atoms with Crippen LogP contribution in [0.15, 0.2) is 18.3 Å². The van der Waals surface area contributed by atoms with E-state index >= 15 is 13.2 Å². The standard InChI is InChI=1S/C32H30F6N6O3/c1-45-28-19-16(20(34)21(35)22(28)36)8-15(39)9-17(19)25-23(37)26-18(11-40-25)30(44-6-3-7-46-29-24(38)27(29)44)42-31(41-26)47-13-32-4-2-5-43(32)12-14(33)10-32/h8-9,11,14,24,27,29H,2-7,10,12-13,39H2,1H3/t14-,24-,27-,29+,32+/m1/s1/i1D3,13D2. The third kappa shape index (κ3) is 4.64. The van der Waals surface area contributed by atoms with Gasteiger partial charge in [0.15, 0.2) is 29.4 Å². The van der Waals surface area contributed by atoms with Crippen LogP contribution >= 0.6 is 0 Å². The van der Waals surface area contributed by atoms with Crippen molar-refractivity contribution in [1.82, 2.24) is 19.9 Å². The average Bonchev–Trinajstić information content (AvgIpc) is 3.43. The Morgan fingerprint density at radius 2 is 1.94 bits per heavy atom. The number of fused-ring (bicyclic) bond motifs is 4. The summed E-state index contributed by atoms with van der Waals surface area (Å²) in [7, 11) is -3.36. The molecule has 3 aliphatic heterocycles. The Bertz CT molecular complexity index is 2130. The van der Waals surface area contributed by atoms with E-state index in [9.17, 15) is 13.2 Å². The number of alkyl halides is 2. The largest absolute Gasteiger partial charge is 0.493 e. The van der Waals surface area contributed by atoms with E-state index in [0.717, 1.165) is 18.3 Å². The lowest BCUT2D eigenvalue weighted by Crippen LogP contribution is -2.43. The highest BCUT2D eigenvalue weighted by atomic mass is 19.2. The second-order valence-electron chi connectivity index (χ2n) is 12.3. The summed E-state index contributed by atoms with van der Waals surface area (Å²) in [4.78, 5) is 16.0. The fourth-order valence-corrected chi connectivity index (χ4v) is 7.29. The van der Waals surface area contributed by atoms with Crippen molar-refractivity contribution in [3.8, 4) is 23.0 Å². The SMILES string of the molecule is [2H]C([2H])([2H])Oc1c(F)c(F)c(F)c2cc(N)cc(-c3ncc4c(N5CCCO[C@H]6[C@H](F)[C@H]65)nc(OC([2H])([2H])[C@@]56CCCN5C[C@H](F)C6)nc4c3F)c12. The molecule has 9 nitrogen and oxygen atoms in total. The molecule has 248 valence electrons. The zero-order valence-electron chi connectivity index (χ0n) is 29.5. The highest BCUT2D eigenvalue weighted by molar-refractivity contribution is 6.04. The number of nitrogen functional groups attached to an aromatic ring is 1. The number of rotatable bonds is 6. The number of nitrogens with zero attached hydrogens (tertiary/aromatic N) is 5. The molecule has 8 rings (SSSR count). The van der Waals surface area contributed by atoms with Crippen LogP contribution in [0.3, 0.4) is 0 Å². The van der Waals surface area contributed by atoms with Crippen LogP contribution in [-0.2, 0) is 4.74 Å². The molecule has 0 spiro atoms. The molecule has 47 heavy (non-hydrogen) atoms. The Labute approximate surface area is 271 Å². The Balaban J connectivity index is 1.34. The lowest BCUT2D eigenvalue weighted by molar-refractivity contribution is 0.105. The minimum atomic E-state index is -3.36. The first-order valence-electron chi connectivity index (χ1n) is 17.6. The predicted octanol–water partition coefficient (Wildman–Crippen LogP) is 5.26. The Morgan fingerprint density at radius 3 is 2.77 bits per heavy atom. The Hall–Kier alpha value is -4.11. The third-order valence-corrected chi connectivity index (χ3v) is 9.46. The first-order valence-corrected chi connectivity index (χ1v) is 15.1. The van der Waals surface area contributed by atoms with Crippen molar-refractivity contribution in [2.75, 3.05) is 50.5 Å². The van der Waals surface area contributed by atoms with Crippen molar-refractivity contribution < 1.29 is 47.4 Å². The van der Waals surface area contributed by atoms with Gasteiger partial charge in [-0.3, -0.25) is 9.88 Å². The molecule has 5 atom stereocenters. The maximum Gasteiger partial charge on any atom is 0.319 e. The summed E-state index contributed by atoms with van der Waals surface area (Å²) in [6, 6.07) is 0.398. The van der Waals surface area contributed by atoms with E-state index in [0.29, 0.717) is 19.4 Å². The van der Waals surface area contributed by atoms with Gasteiger partial charge in [-0.2, -0.15) is 14.4 Å². The molecule has 1 saturated carbocycles. The molecule has 0 radical (unpaired) electrons. The molecule has 0 bridgehead atoms. The number of halogens is 6. The smallest absolute Gasteiger partial charge is 0.319 e. The molecule has 0 unspecified atom stereocenters. The lowest BCUT2D eigenvalue weighted by atomic mass is 9.95. The van der Waals surface area contributed by atoms with Crippen molar-refractivity contribution >= 4 is 33.2 Å². The summed E-state index contributed by atoms with van der Waals surface area (Å²) in [5.41, 5.74) is 2.59. The number of hydrogen-bond acceptors (Lipinski definition) is 9. The number of nitrogens with two attached hydrogens (primary N) is 1. The number of pyridine rings is 1. The molecule has 2 N–H and O–H groups in total. The molecule has 3 saturated heterocycles. The number of benzene rings is 2. The van der Waals surface area contributed by atoms with E-state index < -0.39 is 106 Å². The van der Waals surface area contributed by atoms with Crippen LogP contribution in [0.25, 0.3) is 32.9 Å². The lowest BCUT2D eigenvalue weighted by Gasteiger charge is -2.31. The van der Waals surface area contributed by atoms with Gasteiger partial charge in [0.1, 0.15) is 35.9 Å². The van der Waals surface area contributed by atoms with Crippen LogP contribution in [0.4, 0.5) is 37.8 Å². The maximum atomic E-state index is 17.0. The van der Waals surface area contributed by atoms with Crippen LogP contribution < -0.4 is 20.1 Å². The minimum Gasteiger partial charge on any atom is -0.493 e. The van der Waals surface area contributed by atoms with E-state index in [1.165, 1.54) is 4.90 Å². The topological polar surface area (TPSA) is 98.9 Å². The van der Waals surface area contributed by atoms with E-state index in [1.807, 2.05) is 0 Å². The number of anilines is 2. The summed E-state index contributed by atoms with van der Waals surface area (Å²) in [5, 5.41) is -1.53. The van der Waals surface area contributed by atoms with Crippen LogP contribution in [0.2, 0.25) is 0 Å². The summed E-state index contributed by atoms with van der Waals surface area (Å²) in [5.74, 6) is -8.43. The van der Waals surface area contributed by atoms with Gasteiger partial charge in [-0.15, -0.1) is 0 Å². The molecule has 0 amide bonds. The second-order valence-corrected chi connectivity index (χ2v) is 12.3. The van der Waals surface area contributed by atoms with Gasteiger partial charge in [0, 0.05) is 54.3 Å². The molecule has 4 fully saturated rings. The van der Waals surface area contributed by atoms with Crippen molar-refractivity contribution in [3.05, 3.63) is 41.6 Å². The van der Waals surface area contributed by atoms with Crippen LogP contribution in [0.1, 0.15) is 32.5 Å². The number of aromatic nitrogens is 3. The second kappa shape index (κ2) is 11.0. The molecular weight excluding hydrogens is 630 g/mol.